The van der Waals surface area contributed by atoms with Gasteiger partial charge in [0.15, 0.2) is 5.82 Å². The van der Waals surface area contributed by atoms with Crippen LogP contribution < -0.4 is 15.2 Å². The van der Waals surface area contributed by atoms with Crippen LogP contribution >= 0.6 is 0 Å². The van der Waals surface area contributed by atoms with Crippen molar-refractivity contribution in [1.29, 1.82) is 0 Å². The first-order chi connectivity index (χ1) is 10.2. The first-order valence-electron chi connectivity index (χ1n) is 7.14. The first kappa shape index (κ1) is 15.1. The molecule has 112 valence electrons. The van der Waals surface area contributed by atoms with Gasteiger partial charge in [-0.15, -0.1) is 0 Å². The Kier molecular flexibility index (Phi) is 4.98. The van der Waals surface area contributed by atoms with Crippen LogP contribution in [0.1, 0.15) is 19.4 Å². The van der Waals surface area contributed by atoms with Crippen molar-refractivity contribution in [3.05, 3.63) is 52.6 Å². The molecule has 0 aliphatic carbocycles. The maximum Gasteiger partial charge on any atom is 0.293 e. The Bertz CT molecular complexity index is 635. The molecule has 0 aliphatic rings. The van der Waals surface area contributed by atoms with Gasteiger partial charge in [-0.2, -0.15) is 0 Å². The number of aryl methyl sites for hydroxylation is 1. The summed E-state index contributed by atoms with van der Waals surface area (Å²) in [6, 6.07) is 7.89. The largest absolute Gasteiger partial charge is 0.494 e. The van der Waals surface area contributed by atoms with Crippen LogP contribution in [0.4, 0.5) is 5.82 Å². The second-order valence-corrected chi connectivity index (χ2v) is 4.78. The summed E-state index contributed by atoms with van der Waals surface area (Å²) in [7, 11) is 1.88. The third-order valence-electron chi connectivity index (χ3n) is 3.25. The highest BCUT2D eigenvalue weighted by Gasteiger charge is 2.09. The monoisotopic (exact) mass is 287 g/mol. The molecule has 1 heterocycles. The van der Waals surface area contributed by atoms with E-state index >= 15 is 0 Å². The zero-order valence-electron chi connectivity index (χ0n) is 12.7. The third-order valence-corrected chi connectivity index (χ3v) is 3.25. The van der Waals surface area contributed by atoms with Crippen LogP contribution in [0.15, 0.2) is 41.5 Å². The van der Waals surface area contributed by atoms with Gasteiger partial charge in [-0.3, -0.25) is 4.79 Å². The lowest BCUT2D eigenvalue weighted by Gasteiger charge is -2.18. The molecule has 0 radical (unpaired) electrons. The Morgan fingerprint density at radius 1 is 1.24 bits per heavy atom. The summed E-state index contributed by atoms with van der Waals surface area (Å²) < 4.78 is 7.07. The molecule has 0 aliphatic heterocycles. The van der Waals surface area contributed by atoms with Crippen molar-refractivity contribution in [3.63, 3.8) is 0 Å². The highest BCUT2D eigenvalue weighted by molar-refractivity contribution is 5.37. The van der Waals surface area contributed by atoms with Gasteiger partial charge in [-0.25, -0.2) is 4.98 Å². The van der Waals surface area contributed by atoms with Crippen LogP contribution in [-0.2, 0) is 13.1 Å². The number of benzene rings is 1. The number of rotatable bonds is 6. The molecule has 0 saturated carbocycles. The van der Waals surface area contributed by atoms with Crippen molar-refractivity contribution >= 4 is 5.82 Å². The summed E-state index contributed by atoms with van der Waals surface area (Å²) >= 11 is 0. The van der Waals surface area contributed by atoms with Gasteiger partial charge < -0.3 is 14.2 Å². The smallest absolute Gasteiger partial charge is 0.293 e. The lowest BCUT2D eigenvalue weighted by Crippen LogP contribution is -2.29. The second-order valence-electron chi connectivity index (χ2n) is 4.78. The Hall–Kier alpha value is -2.30. The lowest BCUT2D eigenvalue weighted by atomic mass is 10.2. The van der Waals surface area contributed by atoms with E-state index in [1.165, 1.54) is 0 Å². The van der Waals surface area contributed by atoms with E-state index in [-0.39, 0.29) is 5.56 Å². The molecule has 0 bridgehead atoms. The number of aromatic nitrogens is 2. The average Bonchev–Trinajstić information content (AvgIpc) is 2.49. The summed E-state index contributed by atoms with van der Waals surface area (Å²) in [5.74, 6) is 1.32. The van der Waals surface area contributed by atoms with E-state index in [0.717, 1.165) is 11.3 Å². The fourth-order valence-electron chi connectivity index (χ4n) is 2.15. The molecule has 5 heteroatoms. The Morgan fingerprint density at radius 3 is 2.57 bits per heavy atom. The molecule has 0 N–H and O–H groups in total. The molecule has 0 spiro atoms. The average molecular weight is 287 g/mol. The molecule has 5 nitrogen and oxygen atoms in total. The predicted octanol–water partition coefficient (Wildman–Crippen LogP) is 2.30. The van der Waals surface area contributed by atoms with Crippen molar-refractivity contribution in [3.8, 4) is 5.75 Å². The minimum atomic E-state index is -0.0616. The van der Waals surface area contributed by atoms with Gasteiger partial charge in [-0.05, 0) is 31.5 Å². The van der Waals surface area contributed by atoms with Gasteiger partial charge in [0.1, 0.15) is 5.75 Å². The quantitative estimate of drug-likeness (QED) is 0.818. The summed E-state index contributed by atoms with van der Waals surface area (Å²) in [5.41, 5.74) is 1.04. The fraction of sp³-hybridized carbons (Fsp3) is 0.375. The molecule has 1 aromatic heterocycles. The van der Waals surface area contributed by atoms with E-state index in [1.807, 2.05) is 50.1 Å². The lowest BCUT2D eigenvalue weighted by molar-refractivity contribution is 0.340. The van der Waals surface area contributed by atoms with E-state index in [0.29, 0.717) is 25.5 Å². The molecule has 0 atom stereocenters. The Morgan fingerprint density at radius 2 is 1.95 bits per heavy atom. The van der Waals surface area contributed by atoms with E-state index in [9.17, 15) is 4.79 Å². The Labute approximate surface area is 124 Å². The van der Waals surface area contributed by atoms with Crippen molar-refractivity contribution < 1.29 is 4.74 Å². The van der Waals surface area contributed by atoms with Gasteiger partial charge in [0.05, 0.1) is 6.61 Å². The van der Waals surface area contributed by atoms with E-state index in [1.54, 1.807) is 17.0 Å². The molecule has 1 aromatic carbocycles. The highest BCUT2D eigenvalue weighted by atomic mass is 16.5. The van der Waals surface area contributed by atoms with E-state index in [4.69, 9.17) is 4.74 Å². The summed E-state index contributed by atoms with van der Waals surface area (Å²) in [6.07, 6.45) is 3.37. The van der Waals surface area contributed by atoms with Gasteiger partial charge in [-0.1, -0.05) is 12.1 Å². The number of hydrogen-bond acceptors (Lipinski definition) is 4. The molecule has 0 unspecified atom stereocenters. The normalized spacial score (nSPS) is 10.4. The zero-order chi connectivity index (χ0) is 15.2. The van der Waals surface area contributed by atoms with Crippen molar-refractivity contribution in [2.45, 2.75) is 26.9 Å². The zero-order valence-corrected chi connectivity index (χ0v) is 12.7. The summed E-state index contributed by atoms with van der Waals surface area (Å²) in [6.45, 7) is 5.83. The standard InChI is InChI=1S/C16H21N3O2/c1-4-19-11-10-17-15(16(19)20)18(3)12-13-6-8-14(9-7-13)21-5-2/h6-11H,4-5,12H2,1-3H3. The SMILES string of the molecule is CCOc1ccc(CN(C)c2nccn(CC)c2=O)cc1. The second kappa shape index (κ2) is 6.92. The molecule has 21 heavy (non-hydrogen) atoms. The predicted molar refractivity (Wildman–Crippen MR) is 83.9 cm³/mol. The van der Waals surface area contributed by atoms with Crippen LogP contribution in [0, 0.1) is 0 Å². The van der Waals surface area contributed by atoms with Gasteiger partial charge in [0, 0.05) is 32.5 Å². The molecule has 2 aromatic rings. The first-order valence-corrected chi connectivity index (χ1v) is 7.14. The van der Waals surface area contributed by atoms with Crippen LogP contribution in [0.5, 0.6) is 5.75 Å². The highest BCUT2D eigenvalue weighted by Crippen LogP contribution is 2.14. The maximum absolute atomic E-state index is 12.2. The van der Waals surface area contributed by atoms with Gasteiger partial charge in [0.25, 0.3) is 5.56 Å². The summed E-state index contributed by atoms with van der Waals surface area (Å²) in [4.78, 5) is 18.3. The van der Waals surface area contributed by atoms with Crippen LogP contribution in [0.2, 0.25) is 0 Å². The number of hydrogen-bond donors (Lipinski definition) is 0. The molecule has 0 fully saturated rings. The maximum atomic E-state index is 12.2. The molecule has 0 amide bonds. The Balaban J connectivity index is 2.14. The molecular weight excluding hydrogens is 266 g/mol. The summed E-state index contributed by atoms with van der Waals surface area (Å²) in [5, 5.41) is 0. The number of ether oxygens (including phenoxy) is 1. The minimum Gasteiger partial charge on any atom is -0.494 e. The third kappa shape index (κ3) is 3.62. The van der Waals surface area contributed by atoms with Crippen molar-refractivity contribution in [1.82, 2.24) is 9.55 Å². The number of anilines is 1. The van der Waals surface area contributed by atoms with Crippen LogP contribution in [0.25, 0.3) is 0 Å². The molecule has 2 rings (SSSR count). The molecular formula is C16H21N3O2. The van der Waals surface area contributed by atoms with Crippen molar-refractivity contribution in [2.24, 2.45) is 0 Å². The van der Waals surface area contributed by atoms with Crippen molar-refractivity contribution in [2.75, 3.05) is 18.6 Å². The number of nitrogens with zero attached hydrogens (tertiary/aromatic N) is 3. The van der Waals surface area contributed by atoms with Gasteiger partial charge >= 0.3 is 0 Å². The topological polar surface area (TPSA) is 47.4 Å². The van der Waals surface area contributed by atoms with Crippen LogP contribution in [-0.4, -0.2) is 23.2 Å². The van der Waals surface area contributed by atoms with Gasteiger partial charge in [0.2, 0.25) is 0 Å². The van der Waals surface area contributed by atoms with E-state index < -0.39 is 0 Å². The van der Waals surface area contributed by atoms with Crippen LogP contribution in [0.3, 0.4) is 0 Å². The molecule has 0 saturated heterocycles. The minimum absolute atomic E-state index is 0.0616. The fourth-order valence-corrected chi connectivity index (χ4v) is 2.15. The van der Waals surface area contributed by atoms with E-state index in [2.05, 4.69) is 4.98 Å².